The van der Waals surface area contributed by atoms with Gasteiger partial charge in [0, 0.05) is 18.7 Å². The summed E-state index contributed by atoms with van der Waals surface area (Å²) in [5.41, 5.74) is 2.97. The molecule has 0 aliphatic carbocycles. The maximum absolute atomic E-state index is 13.1. The fourth-order valence-electron chi connectivity index (χ4n) is 4.06. The number of fused-ring (bicyclic) bond motifs is 1. The molecule has 6 heteroatoms. The number of hydrogen-bond donors (Lipinski definition) is 1. The number of rotatable bonds is 5. The van der Waals surface area contributed by atoms with Gasteiger partial charge in [-0.3, -0.25) is 9.59 Å². The fraction of sp³-hybridized carbons (Fsp3) is 0.417. The summed E-state index contributed by atoms with van der Waals surface area (Å²) in [6.45, 7) is 4.99. The Morgan fingerprint density at radius 1 is 1.17 bits per heavy atom. The molecule has 4 rings (SSSR count). The maximum Gasteiger partial charge on any atom is 0.264 e. The van der Waals surface area contributed by atoms with Gasteiger partial charge in [0.15, 0.2) is 6.10 Å². The highest BCUT2D eigenvalue weighted by Crippen LogP contribution is 2.28. The van der Waals surface area contributed by atoms with Crippen molar-refractivity contribution >= 4 is 17.5 Å². The summed E-state index contributed by atoms with van der Waals surface area (Å²) < 4.78 is 11.4. The van der Waals surface area contributed by atoms with Crippen LogP contribution in [-0.4, -0.2) is 42.0 Å². The molecule has 2 aromatic rings. The molecule has 2 aromatic carbocycles. The third-order valence-corrected chi connectivity index (χ3v) is 5.73. The minimum Gasteiger partial charge on any atom is -0.493 e. The number of benzene rings is 2. The van der Waals surface area contributed by atoms with Crippen LogP contribution in [0.3, 0.4) is 0 Å². The average Bonchev–Trinajstić information content (AvgIpc) is 3.22. The fourth-order valence-corrected chi connectivity index (χ4v) is 4.06. The number of amides is 2. The second-order valence-corrected chi connectivity index (χ2v) is 8.03. The Morgan fingerprint density at radius 3 is 2.77 bits per heavy atom. The Hall–Kier alpha value is -3.02. The largest absolute Gasteiger partial charge is 0.493 e. The molecular formula is C24H28N2O4. The average molecular weight is 408 g/mol. The molecule has 0 radical (unpaired) electrons. The molecule has 2 atom stereocenters. The Kier molecular flexibility index (Phi) is 5.93. The van der Waals surface area contributed by atoms with E-state index in [0.29, 0.717) is 25.3 Å². The molecule has 1 fully saturated rings. The zero-order valence-electron chi connectivity index (χ0n) is 17.5. The van der Waals surface area contributed by atoms with E-state index in [4.69, 9.17) is 9.47 Å². The third-order valence-electron chi connectivity index (χ3n) is 5.73. The van der Waals surface area contributed by atoms with E-state index in [2.05, 4.69) is 5.32 Å². The molecule has 30 heavy (non-hydrogen) atoms. The Balaban J connectivity index is 1.43. The molecule has 1 saturated heterocycles. The van der Waals surface area contributed by atoms with E-state index in [1.54, 1.807) is 11.8 Å². The number of likely N-dealkylation sites (tertiary alicyclic amines) is 1. The van der Waals surface area contributed by atoms with Crippen molar-refractivity contribution in [3.63, 3.8) is 0 Å². The molecule has 2 amide bonds. The number of ether oxygens (including phenoxy) is 2. The van der Waals surface area contributed by atoms with Gasteiger partial charge in [-0.15, -0.1) is 0 Å². The van der Waals surface area contributed by atoms with Crippen LogP contribution in [0.15, 0.2) is 42.5 Å². The lowest BCUT2D eigenvalue weighted by molar-refractivity contribution is -0.145. The van der Waals surface area contributed by atoms with Gasteiger partial charge in [-0.2, -0.15) is 0 Å². The van der Waals surface area contributed by atoms with Gasteiger partial charge in [-0.05, 0) is 69.0 Å². The number of anilines is 1. The van der Waals surface area contributed by atoms with E-state index in [9.17, 15) is 9.59 Å². The number of carbonyl (C=O) groups is 2. The molecule has 1 N–H and O–H groups in total. The minimum absolute atomic E-state index is 0.149. The predicted octanol–water partition coefficient (Wildman–Crippen LogP) is 3.72. The zero-order chi connectivity index (χ0) is 21.1. The summed E-state index contributed by atoms with van der Waals surface area (Å²) >= 11 is 0. The standard InChI is InChI=1S/C24H28N2O4/c1-16-6-9-20(10-7-16)30-17(2)24(28)26-13-4-3-5-21(26)23(27)25-19-8-11-22-18(15-19)12-14-29-22/h6-11,15,17,21H,3-5,12-14H2,1-2H3,(H,25,27)/t17-,21+/m1/s1. The molecular weight excluding hydrogens is 380 g/mol. The van der Waals surface area contributed by atoms with Crippen LogP contribution >= 0.6 is 0 Å². The summed E-state index contributed by atoms with van der Waals surface area (Å²) in [6, 6.07) is 12.8. The van der Waals surface area contributed by atoms with E-state index < -0.39 is 12.1 Å². The summed E-state index contributed by atoms with van der Waals surface area (Å²) in [7, 11) is 0. The molecule has 2 aliphatic heterocycles. The number of nitrogens with one attached hydrogen (secondary N) is 1. The summed E-state index contributed by atoms with van der Waals surface area (Å²) in [6.07, 6.45) is 2.66. The van der Waals surface area contributed by atoms with Gasteiger partial charge >= 0.3 is 0 Å². The van der Waals surface area contributed by atoms with Gasteiger partial charge < -0.3 is 19.7 Å². The van der Waals surface area contributed by atoms with Gasteiger partial charge in [0.25, 0.3) is 5.91 Å². The number of aryl methyl sites for hydroxylation is 1. The molecule has 0 saturated carbocycles. The van der Waals surface area contributed by atoms with Crippen molar-refractivity contribution in [2.75, 3.05) is 18.5 Å². The van der Waals surface area contributed by atoms with E-state index in [-0.39, 0.29) is 11.8 Å². The van der Waals surface area contributed by atoms with E-state index in [1.807, 2.05) is 49.4 Å². The third kappa shape index (κ3) is 4.42. The number of carbonyl (C=O) groups excluding carboxylic acids is 2. The lowest BCUT2D eigenvalue weighted by Gasteiger charge is -2.36. The number of nitrogens with zero attached hydrogens (tertiary/aromatic N) is 1. The lowest BCUT2D eigenvalue weighted by atomic mass is 10.0. The molecule has 0 unspecified atom stereocenters. The highest BCUT2D eigenvalue weighted by molar-refractivity contribution is 5.98. The Labute approximate surface area is 177 Å². The molecule has 0 spiro atoms. The zero-order valence-corrected chi connectivity index (χ0v) is 17.5. The van der Waals surface area contributed by atoms with E-state index >= 15 is 0 Å². The van der Waals surface area contributed by atoms with Crippen molar-refractivity contribution < 1.29 is 19.1 Å². The quantitative estimate of drug-likeness (QED) is 0.819. The first-order chi connectivity index (χ1) is 14.5. The van der Waals surface area contributed by atoms with Crippen molar-refractivity contribution in [2.24, 2.45) is 0 Å². The van der Waals surface area contributed by atoms with Gasteiger partial charge in [0.05, 0.1) is 6.61 Å². The Morgan fingerprint density at radius 2 is 1.97 bits per heavy atom. The second kappa shape index (κ2) is 8.78. The van der Waals surface area contributed by atoms with Crippen LogP contribution < -0.4 is 14.8 Å². The van der Waals surface area contributed by atoms with Gasteiger partial charge in [0.1, 0.15) is 17.5 Å². The Bertz CT molecular complexity index is 925. The van der Waals surface area contributed by atoms with Crippen LogP contribution in [0.1, 0.15) is 37.3 Å². The first-order valence-corrected chi connectivity index (χ1v) is 10.6. The van der Waals surface area contributed by atoms with Crippen molar-refractivity contribution in [3.8, 4) is 11.5 Å². The number of piperidine rings is 1. The van der Waals surface area contributed by atoms with Crippen molar-refractivity contribution in [3.05, 3.63) is 53.6 Å². The highest BCUT2D eigenvalue weighted by atomic mass is 16.5. The van der Waals surface area contributed by atoms with Crippen LogP contribution in [0.25, 0.3) is 0 Å². The predicted molar refractivity (Wildman–Crippen MR) is 115 cm³/mol. The van der Waals surface area contributed by atoms with Crippen molar-refractivity contribution in [1.29, 1.82) is 0 Å². The number of hydrogen-bond acceptors (Lipinski definition) is 4. The molecule has 6 nitrogen and oxygen atoms in total. The van der Waals surface area contributed by atoms with Crippen LogP contribution in [0, 0.1) is 6.92 Å². The molecule has 2 heterocycles. The van der Waals surface area contributed by atoms with Crippen LogP contribution in [0.2, 0.25) is 0 Å². The topological polar surface area (TPSA) is 67.9 Å². The summed E-state index contributed by atoms with van der Waals surface area (Å²) in [5, 5.41) is 2.99. The first kappa shape index (κ1) is 20.3. The van der Waals surface area contributed by atoms with Crippen LogP contribution in [0.5, 0.6) is 11.5 Å². The van der Waals surface area contributed by atoms with Gasteiger partial charge in [-0.1, -0.05) is 17.7 Å². The van der Waals surface area contributed by atoms with Gasteiger partial charge in [-0.25, -0.2) is 0 Å². The molecule has 0 aromatic heterocycles. The highest BCUT2D eigenvalue weighted by Gasteiger charge is 2.35. The first-order valence-electron chi connectivity index (χ1n) is 10.6. The van der Waals surface area contributed by atoms with Gasteiger partial charge in [0.2, 0.25) is 5.91 Å². The maximum atomic E-state index is 13.1. The van der Waals surface area contributed by atoms with E-state index in [0.717, 1.165) is 41.8 Å². The summed E-state index contributed by atoms with van der Waals surface area (Å²) in [5.74, 6) is 1.23. The monoisotopic (exact) mass is 408 g/mol. The van der Waals surface area contributed by atoms with Crippen molar-refractivity contribution in [1.82, 2.24) is 4.90 Å². The van der Waals surface area contributed by atoms with E-state index in [1.165, 1.54) is 0 Å². The molecule has 0 bridgehead atoms. The normalized spacial score (nSPS) is 18.9. The second-order valence-electron chi connectivity index (χ2n) is 8.03. The minimum atomic E-state index is -0.654. The SMILES string of the molecule is Cc1ccc(O[C@H](C)C(=O)N2CCCC[C@H]2C(=O)Nc2ccc3c(c2)CCO3)cc1. The van der Waals surface area contributed by atoms with Crippen LogP contribution in [0.4, 0.5) is 5.69 Å². The summed E-state index contributed by atoms with van der Waals surface area (Å²) in [4.78, 5) is 27.8. The van der Waals surface area contributed by atoms with Crippen LogP contribution in [-0.2, 0) is 16.0 Å². The molecule has 158 valence electrons. The van der Waals surface area contributed by atoms with Crippen molar-refractivity contribution in [2.45, 2.75) is 51.7 Å². The molecule has 2 aliphatic rings. The lowest BCUT2D eigenvalue weighted by Crippen LogP contribution is -2.53. The smallest absolute Gasteiger partial charge is 0.264 e.